The van der Waals surface area contributed by atoms with Crippen molar-refractivity contribution in [3.05, 3.63) is 12.2 Å². The fourth-order valence-electron chi connectivity index (χ4n) is 9.28. The van der Waals surface area contributed by atoms with Gasteiger partial charge < -0.3 is 20.4 Å². The van der Waals surface area contributed by atoms with Crippen LogP contribution in [-0.4, -0.2) is 46.9 Å². The highest BCUT2D eigenvalue weighted by atomic mass is 16.3. The van der Waals surface area contributed by atoms with Crippen LogP contribution in [0.25, 0.3) is 0 Å². The summed E-state index contributed by atoms with van der Waals surface area (Å²) >= 11 is 0. The van der Waals surface area contributed by atoms with Crippen molar-refractivity contribution in [3.8, 4) is 0 Å². The lowest BCUT2D eigenvalue weighted by atomic mass is 9.51. The molecule has 0 amide bonds. The molecule has 1 saturated carbocycles. The Hall–Kier alpha value is -0.420. The number of allylic oxidation sites excluding steroid dienone is 2. The van der Waals surface area contributed by atoms with Crippen LogP contribution in [-0.2, 0) is 0 Å². The monoisotopic (exact) mass is 607 g/mol. The molecule has 0 spiro atoms. The highest BCUT2D eigenvalue weighted by Gasteiger charge is 2.63. The minimum atomic E-state index is 0.337. The van der Waals surface area contributed by atoms with Crippen LogP contribution in [0.4, 0.5) is 0 Å². The molecule has 2 rings (SSSR count). The van der Waals surface area contributed by atoms with E-state index in [1.165, 1.54) is 161 Å². The highest BCUT2D eigenvalue weighted by molar-refractivity contribution is 5.24. The second-order valence-electron chi connectivity index (χ2n) is 14.5. The molecule has 0 aromatic heterocycles. The summed E-state index contributed by atoms with van der Waals surface area (Å²) in [5.74, 6) is 1.55. The predicted molar refractivity (Wildman–Crippen MR) is 183 cm³/mol. The number of hydrogen-bond donors (Lipinski definition) is 4. The van der Waals surface area contributed by atoms with E-state index in [1.807, 2.05) is 0 Å². The third-order valence-corrected chi connectivity index (χ3v) is 11.6. The Balaban J connectivity index is 2.13. The summed E-state index contributed by atoms with van der Waals surface area (Å²) in [6.45, 7) is 1.35. The van der Waals surface area contributed by atoms with E-state index in [0.717, 1.165) is 37.5 Å². The van der Waals surface area contributed by atoms with E-state index in [0.29, 0.717) is 37.3 Å². The van der Waals surface area contributed by atoms with Crippen LogP contribution >= 0.6 is 0 Å². The van der Waals surface area contributed by atoms with Crippen LogP contribution in [0.1, 0.15) is 186 Å². The van der Waals surface area contributed by atoms with Crippen molar-refractivity contribution in [1.29, 1.82) is 0 Å². The van der Waals surface area contributed by atoms with Crippen LogP contribution in [0.2, 0.25) is 0 Å². The molecule has 2 aliphatic rings. The Kier molecular flexibility index (Phi) is 22.3. The molecule has 0 aliphatic heterocycles. The molecule has 2 aliphatic carbocycles. The highest BCUT2D eigenvalue weighted by Crippen LogP contribution is 2.71. The van der Waals surface area contributed by atoms with Crippen LogP contribution in [0, 0.1) is 22.7 Å². The van der Waals surface area contributed by atoms with Gasteiger partial charge in [0, 0.05) is 26.4 Å². The van der Waals surface area contributed by atoms with E-state index < -0.39 is 0 Å². The topological polar surface area (TPSA) is 80.9 Å². The molecule has 43 heavy (non-hydrogen) atoms. The van der Waals surface area contributed by atoms with E-state index in [2.05, 4.69) is 12.2 Å². The van der Waals surface area contributed by atoms with Gasteiger partial charge in [-0.1, -0.05) is 141 Å². The Morgan fingerprint density at radius 3 is 0.767 bits per heavy atom. The van der Waals surface area contributed by atoms with Crippen LogP contribution in [0.5, 0.6) is 0 Å². The summed E-state index contributed by atoms with van der Waals surface area (Å²) in [7, 11) is 0. The fraction of sp³-hybridized carbons (Fsp3) is 0.949. The molecule has 4 nitrogen and oxygen atoms in total. The normalized spacial score (nSPS) is 20.0. The molecular weight excluding hydrogens is 532 g/mol. The van der Waals surface area contributed by atoms with E-state index in [4.69, 9.17) is 0 Å². The molecule has 0 saturated heterocycles. The maximum Gasteiger partial charge on any atom is 0.0431 e. The maximum absolute atomic E-state index is 9.18. The summed E-state index contributed by atoms with van der Waals surface area (Å²) in [6, 6.07) is 0. The molecule has 0 radical (unpaired) electrons. The van der Waals surface area contributed by atoms with Crippen molar-refractivity contribution < 1.29 is 20.4 Å². The summed E-state index contributed by atoms with van der Waals surface area (Å²) in [5, 5.41) is 36.7. The minimum absolute atomic E-state index is 0.337. The lowest BCUT2D eigenvalue weighted by Crippen LogP contribution is -2.45. The van der Waals surface area contributed by atoms with Crippen LogP contribution < -0.4 is 0 Å². The maximum atomic E-state index is 9.18. The van der Waals surface area contributed by atoms with E-state index in [9.17, 15) is 20.4 Å². The van der Waals surface area contributed by atoms with Gasteiger partial charge in [-0.2, -0.15) is 0 Å². The third-order valence-electron chi connectivity index (χ3n) is 11.6. The molecule has 0 aromatic rings. The molecular formula is C39H74O4. The summed E-state index contributed by atoms with van der Waals surface area (Å²) in [4.78, 5) is 0. The van der Waals surface area contributed by atoms with Crippen molar-refractivity contribution in [2.24, 2.45) is 22.7 Å². The van der Waals surface area contributed by atoms with Gasteiger partial charge in [0.05, 0.1) is 0 Å². The van der Waals surface area contributed by atoms with Crippen molar-refractivity contribution in [1.82, 2.24) is 0 Å². The first-order chi connectivity index (χ1) is 21.2. The second-order valence-corrected chi connectivity index (χ2v) is 14.5. The smallest absolute Gasteiger partial charge is 0.0431 e. The van der Waals surface area contributed by atoms with Crippen molar-refractivity contribution in [2.75, 3.05) is 26.4 Å². The Morgan fingerprint density at radius 1 is 0.326 bits per heavy atom. The molecule has 0 aromatic carbocycles. The van der Waals surface area contributed by atoms with Gasteiger partial charge >= 0.3 is 0 Å². The number of aliphatic hydroxyl groups is 4. The molecule has 254 valence electrons. The Morgan fingerprint density at radius 2 is 0.535 bits per heavy atom. The van der Waals surface area contributed by atoms with Gasteiger partial charge in [-0.15, -0.1) is 0 Å². The van der Waals surface area contributed by atoms with E-state index >= 15 is 0 Å². The lowest BCUT2D eigenvalue weighted by molar-refractivity contribution is -0.0229. The summed E-state index contributed by atoms with van der Waals surface area (Å²) in [6.07, 6.45) is 42.1. The molecule has 2 atom stereocenters. The first-order valence-corrected chi connectivity index (χ1v) is 19.3. The average molecular weight is 607 g/mol. The number of unbranched alkanes of at least 4 members (excludes halogenated alkanes) is 20. The minimum Gasteiger partial charge on any atom is -0.396 e. The van der Waals surface area contributed by atoms with E-state index in [1.54, 1.807) is 0 Å². The average Bonchev–Trinajstić information content (AvgIpc) is 3.60. The zero-order valence-corrected chi connectivity index (χ0v) is 28.4. The quantitative estimate of drug-likeness (QED) is 0.0454. The summed E-state index contributed by atoms with van der Waals surface area (Å²) < 4.78 is 0. The molecule has 2 bridgehead atoms. The first kappa shape index (κ1) is 38.8. The third kappa shape index (κ3) is 13.5. The molecule has 4 heteroatoms. The van der Waals surface area contributed by atoms with Crippen molar-refractivity contribution >= 4 is 0 Å². The van der Waals surface area contributed by atoms with Gasteiger partial charge in [-0.3, -0.25) is 0 Å². The second kappa shape index (κ2) is 24.8. The Labute approximate surface area is 267 Å². The number of hydrogen-bond acceptors (Lipinski definition) is 4. The summed E-state index contributed by atoms with van der Waals surface area (Å²) in [5.41, 5.74) is 0.937. The SMILES string of the molecule is OCCCCCCCCC1(CCCCCCCCO)C2C=CC(C2)C1(CCCCCCCCO)CCCCCCCCO. The molecule has 2 unspecified atom stereocenters. The largest absolute Gasteiger partial charge is 0.396 e. The van der Waals surface area contributed by atoms with Crippen LogP contribution in [0.15, 0.2) is 12.2 Å². The van der Waals surface area contributed by atoms with Gasteiger partial charge in [-0.25, -0.2) is 0 Å². The van der Waals surface area contributed by atoms with Gasteiger partial charge in [-0.05, 0) is 80.5 Å². The van der Waals surface area contributed by atoms with Crippen molar-refractivity contribution in [2.45, 2.75) is 186 Å². The first-order valence-electron chi connectivity index (χ1n) is 19.3. The van der Waals surface area contributed by atoms with Crippen molar-refractivity contribution in [3.63, 3.8) is 0 Å². The number of rotatable bonds is 32. The zero-order chi connectivity index (χ0) is 30.9. The predicted octanol–water partition coefficient (Wildman–Crippen LogP) is 10.1. The fourth-order valence-corrected chi connectivity index (χ4v) is 9.28. The molecule has 1 fully saturated rings. The molecule has 4 N–H and O–H groups in total. The number of aliphatic hydroxyl groups excluding tert-OH is 4. The lowest BCUT2D eigenvalue weighted by Gasteiger charge is -2.54. The zero-order valence-electron chi connectivity index (χ0n) is 28.4. The standard InChI is InChI=1S/C39H74O4/c40-31-21-13-5-1-9-17-27-38(28-18-10-2-6-14-22-32-41)36-25-26-37(35-36)39(38,29-19-11-3-7-15-23-33-42)30-20-12-4-8-16-24-34-43/h25-26,36-37,40-43H,1-24,27-35H2. The van der Waals surface area contributed by atoms with Gasteiger partial charge in [0.1, 0.15) is 0 Å². The van der Waals surface area contributed by atoms with Crippen LogP contribution in [0.3, 0.4) is 0 Å². The Bertz CT molecular complexity index is 572. The van der Waals surface area contributed by atoms with E-state index in [-0.39, 0.29) is 0 Å². The number of fused-ring (bicyclic) bond motifs is 2. The van der Waals surface area contributed by atoms with Gasteiger partial charge in [0.25, 0.3) is 0 Å². The van der Waals surface area contributed by atoms with Gasteiger partial charge in [0.2, 0.25) is 0 Å². The molecule has 0 heterocycles. The van der Waals surface area contributed by atoms with Gasteiger partial charge in [0.15, 0.2) is 0 Å².